The molecule has 0 N–H and O–H groups in total. The van der Waals surface area contributed by atoms with E-state index in [4.69, 9.17) is 4.74 Å². The lowest BCUT2D eigenvalue weighted by Gasteiger charge is -2.05. The molecule has 100 valence electrons. The highest BCUT2D eigenvalue weighted by molar-refractivity contribution is 7.17. The monoisotopic (exact) mass is 285 g/mol. The topological polar surface area (TPSA) is 52.4 Å². The van der Waals surface area contributed by atoms with Crippen molar-refractivity contribution < 1.29 is 9.66 Å². The molecule has 0 saturated heterocycles. The molecule has 0 spiro atoms. The van der Waals surface area contributed by atoms with Gasteiger partial charge in [-0.1, -0.05) is 6.07 Å². The van der Waals surface area contributed by atoms with Gasteiger partial charge in [0.1, 0.15) is 5.75 Å². The SMILES string of the molecule is COc1cccc2scc(-c3ccc([N+](=O)[O-])cc3)c12. The average Bonchev–Trinajstić information content (AvgIpc) is 2.91. The van der Waals surface area contributed by atoms with E-state index in [-0.39, 0.29) is 5.69 Å². The van der Waals surface area contributed by atoms with Crippen molar-refractivity contribution in [2.45, 2.75) is 0 Å². The highest BCUT2D eigenvalue weighted by Gasteiger charge is 2.12. The van der Waals surface area contributed by atoms with E-state index in [2.05, 4.69) is 0 Å². The van der Waals surface area contributed by atoms with Gasteiger partial charge in [-0.25, -0.2) is 0 Å². The van der Waals surface area contributed by atoms with Gasteiger partial charge in [-0.3, -0.25) is 10.1 Å². The van der Waals surface area contributed by atoms with Gasteiger partial charge in [-0.2, -0.15) is 0 Å². The van der Waals surface area contributed by atoms with E-state index in [0.29, 0.717) is 0 Å². The first kappa shape index (κ1) is 12.6. The molecular formula is C15H11NO3S. The minimum atomic E-state index is -0.393. The van der Waals surface area contributed by atoms with Crippen molar-refractivity contribution in [3.63, 3.8) is 0 Å². The summed E-state index contributed by atoms with van der Waals surface area (Å²) in [6.45, 7) is 0. The summed E-state index contributed by atoms with van der Waals surface area (Å²) in [5.74, 6) is 0.817. The minimum absolute atomic E-state index is 0.0975. The molecule has 5 heteroatoms. The normalized spacial score (nSPS) is 10.7. The molecule has 0 fully saturated rings. The van der Waals surface area contributed by atoms with E-state index in [0.717, 1.165) is 27.0 Å². The van der Waals surface area contributed by atoms with Gasteiger partial charge >= 0.3 is 0 Å². The first-order valence-electron chi connectivity index (χ1n) is 6.00. The summed E-state index contributed by atoms with van der Waals surface area (Å²) in [5.41, 5.74) is 2.09. The van der Waals surface area contributed by atoms with Crippen LogP contribution in [0.5, 0.6) is 5.75 Å². The molecule has 1 aromatic heterocycles. The summed E-state index contributed by atoms with van der Waals surface area (Å²) in [5, 5.41) is 13.8. The lowest BCUT2D eigenvalue weighted by Crippen LogP contribution is -1.87. The summed E-state index contributed by atoms with van der Waals surface area (Å²) in [6, 6.07) is 12.5. The quantitative estimate of drug-likeness (QED) is 0.526. The van der Waals surface area contributed by atoms with Crippen LogP contribution in [0.3, 0.4) is 0 Å². The minimum Gasteiger partial charge on any atom is -0.496 e. The largest absolute Gasteiger partial charge is 0.496 e. The van der Waals surface area contributed by atoms with Crippen LogP contribution in [0.1, 0.15) is 0 Å². The number of hydrogen-bond acceptors (Lipinski definition) is 4. The molecule has 0 saturated carbocycles. The van der Waals surface area contributed by atoms with Crippen LogP contribution in [0.25, 0.3) is 21.2 Å². The second-order valence-electron chi connectivity index (χ2n) is 4.29. The number of benzene rings is 2. The third kappa shape index (κ3) is 2.02. The van der Waals surface area contributed by atoms with Gasteiger partial charge in [0, 0.05) is 27.8 Å². The van der Waals surface area contributed by atoms with Crippen LogP contribution >= 0.6 is 11.3 Å². The maximum absolute atomic E-state index is 10.7. The molecule has 20 heavy (non-hydrogen) atoms. The van der Waals surface area contributed by atoms with Gasteiger partial charge in [0.2, 0.25) is 0 Å². The Kier molecular flexibility index (Phi) is 3.12. The Bertz CT molecular complexity index is 777. The molecule has 0 aliphatic rings. The third-order valence-electron chi connectivity index (χ3n) is 3.17. The fourth-order valence-electron chi connectivity index (χ4n) is 2.20. The predicted molar refractivity (Wildman–Crippen MR) is 80.5 cm³/mol. The van der Waals surface area contributed by atoms with E-state index < -0.39 is 4.92 Å². The average molecular weight is 285 g/mol. The number of nitro groups is 1. The summed E-state index contributed by atoms with van der Waals surface area (Å²) in [7, 11) is 1.64. The Morgan fingerprint density at radius 3 is 2.55 bits per heavy atom. The second-order valence-corrected chi connectivity index (χ2v) is 5.20. The molecule has 0 radical (unpaired) electrons. The van der Waals surface area contributed by atoms with Crippen molar-refractivity contribution in [1.82, 2.24) is 0 Å². The van der Waals surface area contributed by atoms with E-state index in [9.17, 15) is 10.1 Å². The molecule has 0 bridgehead atoms. The lowest BCUT2D eigenvalue weighted by atomic mass is 10.0. The van der Waals surface area contributed by atoms with E-state index in [1.165, 1.54) is 12.1 Å². The highest BCUT2D eigenvalue weighted by atomic mass is 32.1. The smallest absolute Gasteiger partial charge is 0.269 e. The van der Waals surface area contributed by atoms with E-state index >= 15 is 0 Å². The maximum Gasteiger partial charge on any atom is 0.269 e. The number of methoxy groups -OCH3 is 1. The maximum atomic E-state index is 10.7. The Morgan fingerprint density at radius 2 is 1.90 bits per heavy atom. The molecule has 1 heterocycles. The van der Waals surface area contributed by atoms with Crippen LogP contribution in [-0.2, 0) is 0 Å². The van der Waals surface area contributed by atoms with E-state index in [1.807, 2.05) is 23.6 Å². The van der Waals surface area contributed by atoms with Crippen LogP contribution in [0.4, 0.5) is 5.69 Å². The number of nitrogens with zero attached hydrogens (tertiary/aromatic N) is 1. The number of hydrogen-bond donors (Lipinski definition) is 0. The molecule has 3 aromatic rings. The van der Waals surface area contributed by atoms with Gasteiger partial charge in [-0.05, 0) is 35.2 Å². The fraction of sp³-hybridized carbons (Fsp3) is 0.0667. The van der Waals surface area contributed by atoms with Crippen molar-refractivity contribution in [2.75, 3.05) is 7.11 Å². The predicted octanol–water partition coefficient (Wildman–Crippen LogP) is 4.49. The highest BCUT2D eigenvalue weighted by Crippen LogP contribution is 2.39. The van der Waals surface area contributed by atoms with Gasteiger partial charge in [0.25, 0.3) is 5.69 Å². The molecule has 0 aliphatic heterocycles. The van der Waals surface area contributed by atoms with E-state index in [1.54, 1.807) is 30.6 Å². The molecule has 3 rings (SSSR count). The van der Waals surface area contributed by atoms with Crippen LogP contribution < -0.4 is 4.74 Å². The molecule has 0 aliphatic carbocycles. The number of fused-ring (bicyclic) bond motifs is 1. The molecule has 0 amide bonds. The Hall–Kier alpha value is -2.40. The lowest BCUT2D eigenvalue weighted by molar-refractivity contribution is -0.384. The zero-order chi connectivity index (χ0) is 14.1. The standard InChI is InChI=1S/C15H11NO3S/c1-19-13-3-2-4-14-15(13)12(9-20-14)10-5-7-11(8-6-10)16(17)18/h2-9H,1H3. The van der Waals surface area contributed by atoms with Crippen molar-refractivity contribution >= 4 is 27.1 Å². The fourth-order valence-corrected chi connectivity index (χ4v) is 3.19. The van der Waals surface area contributed by atoms with Crippen LogP contribution in [0.15, 0.2) is 47.8 Å². The van der Waals surface area contributed by atoms with Crippen molar-refractivity contribution in [2.24, 2.45) is 0 Å². The summed E-state index contributed by atoms with van der Waals surface area (Å²) >= 11 is 1.63. The summed E-state index contributed by atoms with van der Waals surface area (Å²) in [4.78, 5) is 10.3. The van der Waals surface area contributed by atoms with Gasteiger partial charge in [-0.15, -0.1) is 11.3 Å². The Morgan fingerprint density at radius 1 is 1.15 bits per heavy atom. The molecule has 0 unspecified atom stereocenters. The molecule has 4 nitrogen and oxygen atoms in total. The zero-order valence-corrected chi connectivity index (χ0v) is 11.5. The Labute approximate surface area is 119 Å². The molecule has 2 aromatic carbocycles. The third-order valence-corrected chi connectivity index (χ3v) is 4.12. The van der Waals surface area contributed by atoms with Crippen molar-refractivity contribution in [1.29, 1.82) is 0 Å². The summed E-state index contributed by atoms with van der Waals surface area (Å²) < 4.78 is 6.55. The number of thiophene rings is 1. The van der Waals surface area contributed by atoms with Crippen molar-refractivity contribution in [3.8, 4) is 16.9 Å². The molecule has 0 atom stereocenters. The number of ether oxygens (including phenoxy) is 1. The number of non-ortho nitro benzene ring substituents is 1. The van der Waals surface area contributed by atoms with Gasteiger partial charge in [0.15, 0.2) is 0 Å². The van der Waals surface area contributed by atoms with Crippen molar-refractivity contribution in [3.05, 3.63) is 58.0 Å². The first-order valence-corrected chi connectivity index (χ1v) is 6.87. The number of rotatable bonds is 3. The first-order chi connectivity index (χ1) is 9.70. The van der Waals surface area contributed by atoms with Gasteiger partial charge < -0.3 is 4.74 Å². The zero-order valence-electron chi connectivity index (χ0n) is 10.7. The van der Waals surface area contributed by atoms with Crippen LogP contribution in [0.2, 0.25) is 0 Å². The second kappa shape index (κ2) is 4.94. The van der Waals surface area contributed by atoms with Gasteiger partial charge in [0.05, 0.1) is 12.0 Å². The Balaban J connectivity index is 2.16. The molecular weight excluding hydrogens is 274 g/mol. The summed E-state index contributed by atoms with van der Waals surface area (Å²) in [6.07, 6.45) is 0. The number of nitro benzene ring substituents is 1. The van der Waals surface area contributed by atoms with Crippen LogP contribution in [-0.4, -0.2) is 12.0 Å². The van der Waals surface area contributed by atoms with Crippen LogP contribution in [0, 0.1) is 10.1 Å².